The summed E-state index contributed by atoms with van der Waals surface area (Å²) < 4.78 is 5.48. The molecule has 1 aliphatic heterocycles. The molecule has 0 radical (unpaired) electrons. The Labute approximate surface area is 171 Å². The molecular weight excluding hydrogens is 368 g/mol. The second kappa shape index (κ2) is 9.54. The van der Waals surface area contributed by atoms with E-state index in [2.05, 4.69) is 20.9 Å². The van der Waals surface area contributed by atoms with E-state index in [4.69, 9.17) is 4.74 Å². The fraction of sp³-hybridized carbons (Fsp3) is 0.364. The molecule has 1 aliphatic rings. The van der Waals surface area contributed by atoms with Gasteiger partial charge in [0.15, 0.2) is 0 Å². The molecule has 0 saturated carbocycles. The number of para-hydroxylation sites is 1. The number of urea groups is 1. The number of benzene rings is 2. The second-order valence-electron chi connectivity index (χ2n) is 7.25. The van der Waals surface area contributed by atoms with Crippen molar-refractivity contribution in [3.63, 3.8) is 0 Å². The first kappa shape index (κ1) is 20.8. The van der Waals surface area contributed by atoms with Crippen molar-refractivity contribution in [2.45, 2.75) is 19.9 Å². The van der Waals surface area contributed by atoms with E-state index in [1.807, 2.05) is 56.3 Å². The number of rotatable bonds is 5. The number of imide groups is 1. The van der Waals surface area contributed by atoms with Crippen LogP contribution in [0.2, 0.25) is 0 Å². The quantitative estimate of drug-likeness (QED) is 0.724. The maximum atomic E-state index is 12.5. The number of hydrogen-bond donors (Lipinski definition) is 3. The van der Waals surface area contributed by atoms with Crippen LogP contribution in [-0.2, 0) is 4.79 Å². The molecule has 1 heterocycles. The van der Waals surface area contributed by atoms with Crippen molar-refractivity contribution in [3.05, 3.63) is 59.2 Å². The summed E-state index contributed by atoms with van der Waals surface area (Å²) >= 11 is 0. The largest absolute Gasteiger partial charge is 0.496 e. The van der Waals surface area contributed by atoms with E-state index >= 15 is 0 Å². The average Bonchev–Trinajstić information content (AvgIpc) is 2.70. The predicted molar refractivity (Wildman–Crippen MR) is 113 cm³/mol. The molecule has 0 spiro atoms. The van der Waals surface area contributed by atoms with Gasteiger partial charge in [-0.05, 0) is 31.5 Å². The summed E-state index contributed by atoms with van der Waals surface area (Å²) in [4.78, 5) is 26.8. The van der Waals surface area contributed by atoms with Gasteiger partial charge in [-0.3, -0.25) is 15.0 Å². The van der Waals surface area contributed by atoms with Crippen LogP contribution >= 0.6 is 0 Å². The summed E-state index contributed by atoms with van der Waals surface area (Å²) in [5.41, 5.74) is 3.78. The number of nitrogens with one attached hydrogen (secondary N) is 3. The molecule has 1 atom stereocenters. The first-order valence-electron chi connectivity index (χ1n) is 9.73. The normalized spacial score (nSPS) is 16.9. The number of nitrogens with zero attached hydrogens (tertiary/aromatic N) is 1. The molecule has 0 aromatic heterocycles. The lowest BCUT2D eigenvalue weighted by Crippen LogP contribution is -2.50. The lowest BCUT2D eigenvalue weighted by molar-refractivity contribution is -0.121. The van der Waals surface area contributed by atoms with Gasteiger partial charge in [0.05, 0.1) is 19.7 Å². The van der Waals surface area contributed by atoms with E-state index in [1.54, 1.807) is 7.11 Å². The summed E-state index contributed by atoms with van der Waals surface area (Å²) in [5, 5.41) is 8.54. The minimum absolute atomic E-state index is 0.00643. The molecule has 3 N–H and O–H groups in total. The van der Waals surface area contributed by atoms with Crippen molar-refractivity contribution in [1.82, 2.24) is 15.5 Å². The van der Waals surface area contributed by atoms with E-state index < -0.39 is 6.03 Å². The van der Waals surface area contributed by atoms with Gasteiger partial charge >= 0.3 is 6.03 Å². The first-order chi connectivity index (χ1) is 14.0. The molecule has 29 heavy (non-hydrogen) atoms. The number of methoxy groups -OCH3 is 1. The van der Waals surface area contributed by atoms with Crippen LogP contribution < -0.4 is 20.7 Å². The van der Waals surface area contributed by atoms with Crippen LogP contribution in [0.25, 0.3) is 0 Å². The van der Waals surface area contributed by atoms with Crippen molar-refractivity contribution in [3.8, 4) is 5.75 Å². The van der Waals surface area contributed by atoms with Gasteiger partial charge in [-0.1, -0.05) is 35.9 Å². The van der Waals surface area contributed by atoms with Gasteiger partial charge in [-0.15, -0.1) is 0 Å². The zero-order valence-electron chi connectivity index (χ0n) is 17.1. The minimum Gasteiger partial charge on any atom is -0.496 e. The SMILES string of the molecule is COc1ccccc1C1CNCCN1CC(=O)NC(=O)Nc1ccc(C)cc1C. The Morgan fingerprint density at radius 3 is 2.76 bits per heavy atom. The fourth-order valence-corrected chi connectivity index (χ4v) is 3.64. The van der Waals surface area contributed by atoms with Gasteiger partial charge in [-0.25, -0.2) is 4.79 Å². The second-order valence-corrected chi connectivity index (χ2v) is 7.25. The number of aryl methyl sites for hydroxylation is 2. The van der Waals surface area contributed by atoms with Gasteiger partial charge in [0, 0.05) is 30.9 Å². The smallest absolute Gasteiger partial charge is 0.325 e. The topological polar surface area (TPSA) is 82.7 Å². The average molecular weight is 396 g/mol. The van der Waals surface area contributed by atoms with Gasteiger partial charge in [0.1, 0.15) is 5.75 Å². The van der Waals surface area contributed by atoms with Gasteiger partial charge in [-0.2, -0.15) is 0 Å². The molecule has 1 unspecified atom stereocenters. The number of ether oxygens (including phenoxy) is 1. The number of piperazine rings is 1. The molecule has 3 amide bonds. The van der Waals surface area contributed by atoms with Gasteiger partial charge in [0.2, 0.25) is 5.91 Å². The Balaban J connectivity index is 1.62. The lowest BCUT2D eigenvalue weighted by atomic mass is 10.0. The Hall–Kier alpha value is -2.90. The summed E-state index contributed by atoms with van der Waals surface area (Å²) in [6, 6.07) is 13.0. The van der Waals surface area contributed by atoms with Crippen molar-refractivity contribution >= 4 is 17.6 Å². The maximum absolute atomic E-state index is 12.5. The van der Waals surface area contributed by atoms with Crippen molar-refractivity contribution < 1.29 is 14.3 Å². The Morgan fingerprint density at radius 2 is 2.00 bits per heavy atom. The molecule has 154 valence electrons. The van der Waals surface area contributed by atoms with E-state index in [-0.39, 0.29) is 18.5 Å². The summed E-state index contributed by atoms with van der Waals surface area (Å²) in [6.07, 6.45) is 0. The molecule has 0 bridgehead atoms. The number of amides is 3. The third kappa shape index (κ3) is 5.34. The summed E-state index contributed by atoms with van der Waals surface area (Å²) in [7, 11) is 1.64. The van der Waals surface area contributed by atoms with Crippen LogP contribution in [0.1, 0.15) is 22.7 Å². The van der Waals surface area contributed by atoms with Crippen LogP contribution in [0, 0.1) is 13.8 Å². The molecular formula is C22H28N4O3. The maximum Gasteiger partial charge on any atom is 0.325 e. The molecule has 2 aromatic carbocycles. The van der Waals surface area contributed by atoms with E-state index in [0.29, 0.717) is 18.8 Å². The van der Waals surface area contributed by atoms with Crippen LogP contribution in [0.4, 0.5) is 10.5 Å². The molecule has 2 aromatic rings. The number of carbonyl (C=O) groups is 2. The fourth-order valence-electron chi connectivity index (χ4n) is 3.64. The Morgan fingerprint density at radius 1 is 1.21 bits per heavy atom. The molecule has 7 nitrogen and oxygen atoms in total. The van der Waals surface area contributed by atoms with Crippen molar-refractivity contribution in [1.29, 1.82) is 0 Å². The lowest BCUT2D eigenvalue weighted by Gasteiger charge is -2.36. The highest BCUT2D eigenvalue weighted by Crippen LogP contribution is 2.29. The highest BCUT2D eigenvalue weighted by molar-refractivity contribution is 6.02. The molecule has 3 rings (SSSR count). The number of carbonyl (C=O) groups excluding carboxylic acids is 2. The third-order valence-corrected chi connectivity index (χ3v) is 5.08. The summed E-state index contributed by atoms with van der Waals surface area (Å²) in [5.74, 6) is 0.452. The monoisotopic (exact) mass is 396 g/mol. The van der Waals surface area contributed by atoms with Gasteiger partial charge in [0.25, 0.3) is 0 Å². The van der Waals surface area contributed by atoms with E-state index in [1.165, 1.54) is 0 Å². The van der Waals surface area contributed by atoms with Crippen molar-refractivity contribution in [2.75, 3.05) is 38.6 Å². The third-order valence-electron chi connectivity index (χ3n) is 5.08. The summed E-state index contributed by atoms with van der Waals surface area (Å²) in [6.45, 7) is 6.24. The first-order valence-corrected chi connectivity index (χ1v) is 9.73. The minimum atomic E-state index is -0.522. The highest BCUT2D eigenvalue weighted by Gasteiger charge is 2.28. The Bertz CT molecular complexity index is 884. The van der Waals surface area contributed by atoms with Crippen LogP contribution in [-0.4, -0.2) is 50.1 Å². The van der Waals surface area contributed by atoms with E-state index in [0.717, 1.165) is 29.0 Å². The Kier molecular flexibility index (Phi) is 6.85. The number of anilines is 1. The standard InChI is InChI=1S/C22H28N4O3/c1-15-8-9-18(16(2)12-15)24-22(28)25-21(27)14-26-11-10-23-13-19(26)17-6-4-5-7-20(17)29-3/h4-9,12,19,23H,10-11,13-14H2,1-3H3,(H2,24,25,27,28). The molecule has 1 fully saturated rings. The van der Waals surface area contributed by atoms with Crippen LogP contribution in [0.15, 0.2) is 42.5 Å². The van der Waals surface area contributed by atoms with Crippen LogP contribution in [0.3, 0.4) is 0 Å². The molecule has 1 saturated heterocycles. The van der Waals surface area contributed by atoms with Crippen molar-refractivity contribution in [2.24, 2.45) is 0 Å². The highest BCUT2D eigenvalue weighted by atomic mass is 16.5. The van der Waals surface area contributed by atoms with Gasteiger partial charge < -0.3 is 15.4 Å². The zero-order chi connectivity index (χ0) is 20.8. The van der Waals surface area contributed by atoms with E-state index in [9.17, 15) is 9.59 Å². The molecule has 7 heteroatoms. The molecule has 0 aliphatic carbocycles. The van der Waals surface area contributed by atoms with Crippen LogP contribution in [0.5, 0.6) is 5.75 Å². The zero-order valence-corrected chi connectivity index (χ0v) is 17.1. The number of hydrogen-bond acceptors (Lipinski definition) is 5. The predicted octanol–water partition coefficient (Wildman–Crippen LogP) is 2.61.